The van der Waals surface area contributed by atoms with Gasteiger partial charge >= 0.3 is 7.12 Å². The van der Waals surface area contributed by atoms with Crippen molar-refractivity contribution in [3.05, 3.63) is 11.1 Å². The van der Waals surface area contributed by atoms with E-state index in [-0.39, 0.29) is 11.8 Å². The van der Waals surface area contributed by atoms with Crippen molar-refractivity contribution in [1.29, 1.82) is 0 Å². The van der Waals surface area contributed by atoms with Crippen molar-refractivity contribution < 1.29 is 43.0 Å². The topological polar surface area (TPSA) is 134 Å². The summed E-state index contributed by atoms with van der Waals surface area (Å²) in [5, 5.41) is 15.8. The number of aliphatic hydroxyl groups excluding tert-OH is 1. The zero-order valence-electron chi connectivity index (χ0n) is 26.1. The molecule has 0 spiro atoms. The van der Waals surface area contributed by atoms with Crippen LogP contribution in [0.25, 0.3) is 0 Å². The molecule has 0 radical (unpaired) electrons. The lowest BCUT2D eigenvalue weighted by atomic mass is 9.74. The number of rotatable bonds is 12. The zero-order valence-corrected chi connectivity index (χ0v) is 26.1. The summed E-state index contributed by atoms with van der Waals surface area (Å²) in [5.41, 5.74) is 0.559. The van der Waals surface area contributed by atoms with Gasteiger partial charge in [-0.3, -0.25) is 9.59 Å². The molecule has 11 nitrogen and oxygen atoms in total. The van der Waals surface area contributed by atoms with Crippen LogP contribution in [0.15, 0.2) is 0 Å². The molecule has 3 N–H and O–H groups in total. The van der Waals surface area contributed by atoms with Crippen LogP contribution >= 0.6 is 0 Å². The van der Waals surface area contributed by atoms with E-state index in [1.54, 1.807) is 7.11 Å². The average molecular weight is 579 g/mol. The number of nitrogens with one attached hydrogen (secondary N) is 2. The van der Waals surface area contributed by atoms with E-state index in [9.17, 15) is 14.7 Å². The standard InChI is InChI=1S/C29H47BN2O9/c1-16(2)13-21(30-40-28(3,4)29(5,6)41-30)32-27(35)20(15-33)31-26(34)17-11-12-18-19(14-17)23(37-8)25(39-10)24(38-9)22(18)36-7/h16-17,20-21,33H,11-15H2,1-10H3,(H,31,34)(H,32,35)/t17?,20-,21-/m0/s1. The van der Waals surface area contributed by atoms with E-state index in [0.29, 0.717) is 48.7 Å². The summed E-state index contributed by atoms with van der Waals surface area (Å²) in [4.78, 5) is 26.8. The maximum absolute atomic E-state index is 13.4. The molecular formula is C29H47BN2O9. The first-order valence-electron chi connectivity index (χ1n) is 14.2. The molecule has 1 aromatic carbocycles. The van der Waals surface area contributed by atoms with E-state index in [1.165, 1.54) is 21.3 Å². The Hall–Kier alpha value is -2.70. The van der Waals surface area contributed by atoms with Crippen LogP contribution in [0, 0.1) is 11.8 Å². The number of fused-ring (bicyclic) bond motifs is 1. The monoisotopic (exact) mass is 578 g/mol. The first-order valence-corrected chi connectivity index (χ1v) is 14.2. The van der Waals surface area contributed by atoms with Crippen LogP contribution in [0.4, 0.5) is 0 Å². The third-order valence-corrected chi connectivity index (χ3v) is 8.38. The van der Waals surface area contributed by atoms with Gasteiger partial charge in [-0.25, -0.2) is 0 Å². The van der Waals surface area contributed by atoms with E-state index >= 15 is 0 Å². The summed E-state index contributed by atoms with van der Waals surface area (Å²) in [6.45, 7) is 11.4. The SMILES string of the molecule is COc1c2c(c(OC)c(OC)c1OC)CC(C(=O)N[C@@H](CO)C(=O)N[C@@H](CC(C)C)B1OC(C)(C)C(C)(C)O1)CC2. The van der Waals surface area contributed by atoms with Crippen molar-refractivity contribution in [2.45, 2.75) is 90.4 Å². The van der Waals surface area contributed by atoms with E-state index in [2.05, 4.69) is 10.6 Å². The Balaban J connectivity index is 1.77. The van der Waals surface area contributed by atoms with Crippen LogP contribution in [0.2, 0.25) is 0 Å². The molecule has 2 amide bonds. The summed E-state index contributed by atoms with van der Waals surface area (Å²) in [5.74, 6) is 0.331. The van der Waals surface area contributed by atoms with E-state index in [4.69, 9.17) is 28.3 Å². The normalized spacial score (nSPS) is 20.6. The quantitative estimate of drug-likeness (QED) is 0.320. The summed E-state index contributed by atoms with van der Waals surface area (Å²) >= 11 is 0. The van der Waals surface area contributed by atoms with Gasteiger partial charge in [0.2, 0.25) is 23.3 Å². The minimum Gasteiger partial charge on any atom is -0.492 e. The fraction of sp³-hybridized carbons (Fsp3) is 0.724. The molecule has 2 aliphatic rings. The summed E-state index contributed by atoms with van der Waals surface area (Å²) in [7, 11) is 5.48. The number of methoxy groups -OCH3 is 4. The van der Waals surface area contributed by atoms with Crippen molar-refractivity contribution in [3.63, 3.8) is 0 Å². The number of benzene rings is 1. The predicted octanol–water partition coefficient (Wildman–Crippen LogP) is 2.47. The molecule has 0 bridgehead atoms. The average Bonchev–Trinajstić information content (AvgIpc) is 3.14. The molecule has 230 valence electrons. The van der Waals surface area contributed by atoms with Crippen molar-refractivity contribution in [1.82, 2.24) is 10.6 Å². The largest absolute Gasteiger partial charge is 0.492 e. The highest BCUT2D eigenvalue weighted by Gasteiger charge is 2.54. The molecular weight excluding hydrogens is 531 g/mol. The van der Waals surface area contributed by atoms with Gasteiger partial charge in [0, 0.05) is 17.0 Å². The van der Waals surface area contributed by atoms with Gasteiger partial charge in [-0.2, -0.15) is 0 Å². The van der Waals surface area contributed by atoms with Crippen LogP contribution in [-0.2, 0) is 31.7 Å². The molecule has 1 aliphatic carbocycles. The fourth-order valence-electron chi connectivity index (χ4n) is 5.49. The first-order chi connectivity index (χ1) is 19.2. The molecule has 41 heavy (non-hydrogen) atoms. The van der Waals surface area contributed by atoms with Gasteiger partial charge in [0.25, 0.3) is 0 Å². The predicted molar refractivity (Wildman–Crippen MR) is 155 cm³/mol. The van der Waals surface area contributed by atoms with Crippen molar-refractivity contribution in [2.24, 2.45) is 11.8 Å². The fourth-order valence-corrected chi connectivity index (χ4v) is 5.49. The number of ether oxygens (including phenoxy) is 4. The number of carbonyl (C=O) groups excluding carboxylic acids is 2. The molecule has 1 heterocycles. The van der Waals surface area contributed by atoms with Crippen molar-refractivity contribution >= 4 is 18.9 Å². The third-order valence-electron chi connectivity index (χ3n) is 8.38. The Morgan fingerprint density at radius 2 is 1.41 bits per heavy atom. The first kappa shape index (κ1) is 32.8. The van der Waals surface area contributed by atoms with Crippen LogP contribution in [0.1, 0.15) is 65.5 Å². The number of aliphatic hydroxyl groups is 1. The lowest BCUT2D eigenvalue weighted by Crippen LogP contribution is -2.56. The zero-order chi connectivity index (χ0) is 30.7. The highest BCUT2D eigenvalue weighted by atomic mass is 16.7. The Kier molecular flexibility index (Phi) is 10.5. The molecule has 12 heteroatoms. The minimum absolute atomic E-state index is 0.242. The maximum Gasteiger partial charge on any atom is 0.481 e. The maximum atomic E-state index is 13.4. The minimum atomic E-state index is -1.14. The van der Waals surface area contributed by atoms with Crippen molar-refractivity contribution in [3.8, 4) is 23.0 Å². The molecule has 0 aromatic heterocycles. The number of amides is 2. The molecule has 1 aliphatic heterocycles. The highest BCUT2D eigenvalue weighted by molar-refractivity contribution is 6.48. The van der Waals surface area contributed by atoms with E-state index in [0.717, 1.165) is 11.1 Å². The molecule has 1 aromatic rings. The summed E-state index contributed by atoms with van der Waals surface area (Å²) in [6.07, 6.45) is 1.98. The lowest BCUT2D eigenvalue weighted by molar-refractivity contribution is -0.132. The number of hydrogen-bond donors (Lipinski definition) is 3. The Morgan fingerprint density at radius 3 is 1.88 bits per heavy atom. The molecule has 0 saturated carbocycles. The Labute approximate surface area is 244 Å². The molecule has 1 saturated heterocycles. The summed E-state index contributed by atoms with van der Waals surface area (Å²) < 4.78 is 34.8. The second kappa shape index (κ2) is 13.1. The van der Waals surface area contributed by atoms with Gasteiger partial charge in [0.1, 0.15) is 6.04 Å². The van der Waals surface area contributed by atoms with Crippen LogP contribution in [0.5, 0.6) is 23.0 Å². The number of carbonyl (C=O) groups is 2. The van der Waals surface area contributed by atoms with E-state index in [1.807, 2.05) is 41.5 Å². The van der Waals surface area contributed by atoms with Gasteiger partial charge < -0.3 is 44.0 Å². The van der Waals surface area contributed by atoms with Gasteiger partial charge in [0.05, 0.1) is 52.2 Å². The number of hydrogen-bond acceptors (Lipinski definition) is 9. The lowest BCUT2D eigenvalue weighted by Gasteiger charge is -2.32. The van der Waals surface area contributed by atoms with Gasteiger partial charge in [-0.1, -0.05) is 13.8 Å². The van der Waals surface area contributed by atoms with Crippen LogP contribution in [0.3, 0.4) is 0 Å². The van der Waals surface area contributed by atoms with Crippen LogP contribution < -0.4 is 29.6 Å². The molecule has 1 fully saturated rings. The van der Waals surface area contributed by atoms with Gasteiger partial charge in [-0.05, 0) is 59.3 Å². The van der Waals surface area contributed by atoms with Gasteiger partial charge in [-0.15, -0.1) is 0 Å². The second-order valence-corrected chi connectivity index (χ2v) is 12.1. The van der Waals surface area contributed by atoms with E-state index < -0.39 is 48.7 Å². The molecule has 3 rings (SSSR count). The highest BCUT2D eigenvalue weighted by Crippen LogP contribution is 2.52. The summed E-state index contributed by atoms with van der Waals surface area (Å²) in [6, 6.07) is -1.14. The molecule has 3 atom stereocenters. The van der Waals surface area contributed by atoms with Crippen molar-refractivity contribution in [2.75, 3.05) is 35.0 Å². The van der Waals surface area contributed by atoms with Gasteiger partial charge in [0.15, 0.2) is 11.5 Å². The Morgan fingerprint density at radius 1 is 0.902 bits per heavy atom. The third kappa shape index (κ3) is 6.70. The second-order valence-electron chi connectivity index (χ2n) is 12.1. The van der Waals surface area contributed by atoms with Crippen LogP contribution in [-0.4, -0.2) is 82.3 Å². The Bertz CT molecular complexity index is 1070. The molecule has 1 unspecified atom stereocenters. The smallest absolute Gasteiger partial charge is 0.481 e.